The van der Waals surface area contributed by atoms with E-state index in [0.29, 0.717) is 18.4 Å². The first-order valence-corrected chi connectivity index (χ1v) is 4.82. The first kappa shape index (κ1) is 9.90. The molecular formula is C10H11ClNO2. The Bertz CT molecular complexity index is 324. The van der Waals surface area contributed by atoms with Gasteiger partial charge in [0, 0.05) is 20.1 Å². The van der Waals surface area contributed by atoms with Crippen molar-refractivity contribution in [3.05, 3.63) is 29.0 Å². The van der Waals surface area contributed by atoms with Crippen LogP contribution in [0.4, 0.5) is 0 Å². The van der Waals surface area contributed by atoms with Gasteiger partial charge in [0.05, 0.1) is 12.3 Å². The Morgan fingerprint density at radius 1 is 1.64 bits per heavy atom. The summed E-state index contributed by atoms with van der Waals surface area (Å²) in [6, 6.07) is 6.36. The largest absolute Gasteiger partial charge is 0.378 e. The SMILES string of the molecule is COC1(c2c[c]cc(Cl)n2)CCOC1. The summed E-state index contributed by atoms with van der Waals surface area (Å²) >= 11 is 5.80. The van der Waals surface area contributed by atoms with Crippen LogP contribution in [0.5, 0.6) is 0 Å². The van der Waals surface area contributed by atoms with Gasteiger partial charge in [0.2, 0.25) is 0 Å². The van der Waals surface area contributed by atoms with E-state index in [4.69, 9.17) is 21.1 Å². The van der Waals surface area contributed by atoms with Crippen molar-refractivity contribution in [2.45, 2.75) is 12.0 Å². The number of nitrogens with zero attached hydrogens (tertiary/aromatic N) is 1. The summed E-state index contributed by atoms with van der Waals surface area (Å²) in [5.74, 6) is 0. The number of aromatic nitrogens is 1. The highest BCUT2D eigenvalue weighted by Crippen LogP contribution is 2.32. The second kappa shape index (κ2) is 3.85. The zero-order valence-electron chi connectivity index (χ0n) is 7.92. The molecule has 0 saturated carbocycles. The number of rotatable bonds is 2. The average Bonchev–Trinajstić information content (AvgIpc) is 2.67. The lowest BCUT2D eigenvalue weighted by Gasteiger charge is -2.24. The van der Waals surface area contributed by atoms with Crippen LogP contribution in [0.3, 0.4) is 0 Å². The Labute approximate surface area is 88.0 Å². The monoisotopic (exact) mass is 212 g/mol. The molecule has 0 amide bonds. The van der Waals surface area contributed by atoms with E-state index in [1.54, 1.807) is 19.2 Å². The maximum atomic E-state index is 5.80. The highest BCUT2D eigenvalue weighted by atomic mass is 35.5. The Balaban J connectivity index is 2.35. The van der Waals surface area contributed by atoms with Crippen molar-refractivity contribution in [2.24, 2.45) is 0 Å². The second-order valence-electron chi connectivity index (χ2n) is 3.28. The van der Waals surface area contributed by atoms with Gasteiger partial charge in [-0.2, -0.15) is 0 Å². The lowest BCUT2D eigenvalue weighted by molar-refractivity contribution is -0.0246. The molecule has 1 unspecified atom stereocenters. The van der Waals surface area contributed by atoms with Gasteiger partial charge in [0.25, 0.3) is 0 Å². The molecule has 1 atom stereocenters. The van der Waals surface area contributed by atoms with Crippen molar-refractivity contribution in [2.75, 3.05) is 20.3 Å². The lowest BCUT2D eigenvalue weighted by atomic mass is 9.98. The first-order chi connectivity index (χ1) is 6.77. The van der Waals surface area contributed by atoms with Crippen molar-refractivity contribution in [1.29, 1.82) is 0 Å². The van der Waals surface area contributed by atoms with Crippen molar-refractivity contribution < 1.29 is 9.47 Å². The fraction of sp³-hybridized carbons (Fsp3) is 0.500. The molecule has 0 spiro atoms. The molecule has 1 aromatic heterocycles. The molecule has 3 nitrogen and oxygen atoms in total. The Morgan fingerprint density at radius 2 is 2.50 bits per heavy atom. The lowest BCUT2D eigenvalue weighted by Crippen LogP contribution is -2.29. The standard InChI is InChI=1S/C10H11ClNO2/c1-13-10(5-6-14-7-10)8-3-2-4-9(11)12-8/h3-4H,5-7H2,1H3. The minimum atomic E-state index is -0.429. The molecular weight excluding hydrogens is 202 g/mol. The van der Waals surface area contributed by atoms with Gasteiger partial charge < -0.3 is 9.47 Å². The molecule has 1 aliphatic heterocycles. The predicted molar refractivity (Wildman–Crippen MR) is 52.2 cm³/mol. The van der Waals surface area contributed by atoms with E-state index >= 15 is 0 Å². The Kier molecular flexibility index (Phi) is 2.72. The topological polar surface area (TPSA) is 31.4 Å². The fourth-order valence-electron chi connectivity index (χ4n) is 1.62. The van der Waals surface area contributed by atoms with E-state index in [0.717, 1.165) is 12.1 Å². The fourth-order valence-corrected chi connectivity index (χ4v) is 1.77. The highest BCUT2D eigenvalue weighted by Gasteiger charge is 2.38. The van der Waals surface area contributed by atoms with Crippen molar-refractivity contribution in [1.82, 2.24) is 4.98 Å². The Morgan fingerprint density at radius 3 is 3.07 bits per heavy atom. The number of pyridine rings is 1. The summed E-state index contributed by atoms with van der Waals surface area (Å²) in [4.78, 5) is 4.23. The average molecular weight is 213 g/mol. The smallest absolute Gasteiger partial charge is 0.135 e. The van der Waals surface area contributed by atoms with E-state index in [-0.39, 0.29) is 0 Å². The summed E-state index contributed by atoms with van der Waals surface area (Å²) in [7, 11) is 1.66. The number of hydrogen-bond acceptors (Lipinski definition) is 3. The van der Waals surface area contributed by atoms with E-state index in [1.165, 1.54) is 0 Å². The Hall–Kier alpha value is -0.640. The van der Waals surface area contributed by atoms with E-state index in [2.05, 4.69) is 11.1 Å². The minimum Gasteiger partial charge on any atom is -0.378 e. The first-order valence-electron chi connectivity index (χ1n) is 4.44. The molecule has 2 heterocycles. The van der Waals surface area contributed by atoms with Crippen molar-refractivity contribution in [3.8, 4) is 0 Å². The molecule has 0 bridgehead atoms. The molecule has 1 saturated heterocycles. The molecule has 1 aliphatic rings. The third-order valence-corrected chi connectivity index (χ3v) is 2.69. The van der Waals surface area contributed by atoms with Crippen LogP contribution in [0.1, 0.15) is 12.1 Å². The van der Waals surface area contributed by atoms with Crippen LogP contribution in [0.2, 0.25) is 5.15 Å². The molecule has 0 N–H and O–H groups in total. The van der Waals surface area contributed by atoms with E-state index in [1.807, 2.05) is 0 Å². The summed E-state index contributed by atoms with van der Waals surface area (Å²) < 4.78 is 10.8. The molecule has 0 aromatic carbocycles. The van der Waals surface area contributed by atoms with Gasteiger partial charge in [-0.15, -0.1) is 0 Å². The number of halogens is 1. The summed E-state index contributed by atoms with van der Waals surface area (Å²) in [5.41, 5.74) is 0.367. The van der Waals surface area contributed by atoms with Gasteiger partial charge in [-0.1, -0.05) is 11.6 Å². The zero-order chi connectivity index (χ0) is 10.0. The maximum absolute atomic E-state index is 5.80. The van der Waals surface area contributed by atoms with Crippen molar-refractivity contribution in [3.63, 3.8) is 0 Å². The molecule has 1 radical (unpaired) electrons. The predicted octanol–water partition coefficient (Wildman–Crippen LogP) is 1.80. The summed E-state index contributed by atoms with van der Waals surface area (Å²) in [5, 5.41) is 0.436. The summed E-state index contributed by atoms with van der Waals surface area (Å²) in [6.07, 6.45) is 0.810. The molecule has 75 valence electrons. The van der Waals surface area contributed by atoms with Crippen LogP contribution in [0, 0.1) is 6.07 Å². The van der Waals surface area contributed by atoms with Gasteiger partial charge in [0.15, 0.2) is 0 Å². The maximum Gasteiger partial charge on any atom is 0.135 e. The second-order valence-corrected chi connectivity index (χ2v) is 3.66. The molecule has 4 heteroatoms. The van der Waals surface area contributed by atoms with Gasteiger partial charge in [-0.05, 0) is 18.2 Å². The molecule has 2 rings (SSSR count). The number of hydrogen-bond donors (Lipinski definition) is 0. The minimum absolute atomic E-state index is 0.429. The highest BCUT2D eigenvalue weighted by molar-refractivity contribution is 6.29. The normalized spacial score (nSPS) is 26.7. The molecule has 1 aromatic rings. The van der Waals surface area contributed by atoms with Crippen LogP contribution < -0.4 is 0 Å². The quantitative estimate of drug-likeness (QED) is 0.701. The van der Waals surface area contributed by atoms with Crippen LogP contribution in [-0.2, 0) is 15.1 Å². The summed E-state index contributed by atoms with van der Waals surface area (Å²) in [6.45, 7) is 1.23. The van der Waals surface area contributed by atoms with Gasteiger partial charge in [-0.25, -0.2) is 4.98 Å². The van der Waals surface area contributed by atoms with Crippen LogP contribution in [0.25, 0.3) is 0 Å². The van der Waals surface area contributed by atoms with Crippen molar-refractivity contribution >= 4 is 11.6 Å². The number of ether oxygens (including phenoxy) is 2. The third kappa shape index (κ3) is 1.63. The van der Waals surface area contributed by atoms with Crippen LogP contribution >= 0.6 is 11.6 Å². The van der Waals surface area contributed by atoms with Gasteiger partial charge in [0.1, 0.15) is 10.8 Å². The third-order valence-electron chi connectivity index (χ3n) is 2.49. The van der Waals surface area contributed by atoms with Gasteiger partial charge >= 0.3 is 0 Å². The molecule has 14 heavy (non-hydrogen) atoms. The van der Waals surface area contributed by atoms with Crippen LogP contribution in [-0.4, -0.2) is 25.3 Å². The molecule has 1 fully saturated rings. The number of methoxy groups -OCH3 is 1. The van der Waals surface area contributed by atoms with E-state index in [9.17, 15) is 0 Å². The van der Waals surface area contributed by atoms with Crippen LogP contribution in [0.15, 0.2) is 12.1 Å². The van der Waals surface area contributed by atoms with Gasteiger partial charge in [-0.3, -0.25) is 0 Å². The zero-order valence-corrected chi connectivity index (χ0v) is 8.67. The van der Waals surface area contributed by atoms with E-state index < -0.39 is 5.60 Å². The molecule has 0 aliphatic carbocycles.